The lowest BCUT2D eigenvalue weighted by molar-refractivity contribution is -0.143. The van der Waals surface area contributed by atoms with Gasteiger partial charge in [0.2, 0.25) is 0 Å². The van der Waals surface area contributed by atoms with E-state index in [1.54, 1.807) is 0 Å². The van der Waals surface area contributed by atoms with Gasteiger partial charge in [-0.1, -0.05) is 0 Å². The van der Waals surface area contributed by atoms with Crippen molar-refractivity contribution in [2.24, 2.45) is 0 Å². The summed E-state index contributed by atoms with van der Waals surface area (Å²) in [4.78, 5) is 15.8. The molecule has 1 heterocycles. The molecular weight excluding hydrogens is 191 g/mol. The zero-order valence-corrected chi connectivity index (χ0v) is 8.12. The van der Waals surface area contributed by atoms with E-state index in [2.05, 4.69) is 9.56 Å². The summed E-state index contributed by atoms with van der Waals surface area (Å²) in [6.07, 6.45) is 5.72. The van der Waals surface area contributed by atoms with Gasteiger partial charge in [-0.15, -0.1) is 0 Å². The summed E-state index contributed by atoms with van der Waals surface area (Å²) in [5.41, 5.74) is 0. The highest BCUT2D eigenvalue weighted by Crippen LogP contribution is 2.33. The summed E-state index contributed by atoms with van der Waals surface area (Å²) in [5, 5.41) is 0.493. The maximum atomic E-state index is 11.4. The Kier molecular flexibility index (Phi) is 2.81. The predicted octanol–water partition coefficient (Wildman–Crippen LogP) is 1.87. The zero-order chi connectivity index (χ0) is 9.10. The molecule has 0 aromatic rings. The highest BCUT2D eigenvalue weighted by Gasteiger charge is 2.24. The Morgan fingerprint density at radius 3 is 2.92 bits per heavy atom. The van der Waals surface area contributed by atoms with Crippen molar-refractivity contribution in [1.82, 2.24) is 0 Å². The van der Waals surface area contributed by atoms with Crippen LogP contribution in [0.1, 0.15) is 25.7 Å². The molecule has 0 bridgehead atoms. The minimum Gasteiger partial charge on any atom is -0.459 e. The Balaban J connectivity index is 1.83. The molecule has 1 saturated carbocycles. The van der Waals surface area contributed by atoms with Gasteiger partial charge in [-0.2, -0.15) is 4.67 Å². The van der Waals surface area contributed by atoms with Gasteiger partial charge in [-0.3, -0.25) is 0 Å². The normalized spacial score (nSPS) is 24.5. The third kappa shape index (κ3) is 2.20. The van der Waals surface area contributed by atoms with Crippen molar-refractivity contribution in [2.45, 2.75) is 31.8 Å². The van der Waals surface area contributed by atoms with E-state index in [1.165, 1.54) is 6.26 Å². The average Bonchev–Trinajstić information content (AvgIpc) is 2.74. The van der Waals surface area contributed by atoms with Gasteiger partial charge >= 0.3 is 5.97 Å². The Morgan fingerprint density at radius 2 is 2.31 bits per heavy atom. The van der Waals surface area contributed by atoms with E-state index in [1.807, 2.05) is 0 Å². The number of carbonyl (C=O) groups excluding carboxylic acids is 1. The number of carbonyl (C=O) groups is 1. The summed E-state index contributed by atoms with van der Waals surface area (Å²) >= 11 is 0. The van der Waals surface area contributed by atoms with Crippen molar-refractivity contribution >= 4 is 14.8 Å². The second-order valence-electron chi connectivity index (χ2n) is 3.12. The molecule has 72 valence electrons. The molecule has 0 aromatic heterocycles. The Hall–Kier alpha value is -0.600. The smallest absolute Gasteiger partial charge is 0.344 e. The van der Waals surface area contributed by atoms with E-state index in [4.69, 9.17) is 4.74 Å². The molecule has 13 heavy (non-hydrogen) atoms. The molecule has 0 spiro atoms. The lowest BCUT2D eigenvalue weighted by Crippen LogP contribution is -2.14. The summed E-state index contributed by atoms with van der Waals surface area (Å²) in [6, 6.07) is 0. The predicted molar refractivity (Wildman–Crippen MR) is 46.9 cm³/mol. The molecule has 1 atom stereocenters. The third-order valence-electron chi connectivity index (χ3n) is 2.16. The van der Waals surface area contributed by atoms with Gasteiger partial charge in [-0.05, 0) is 25.7 Å². The first-order valence-electron chi connectivity index (χ1n) is 4.36. The standard InChI is InChI=1S/C8H11O4P/c9-8(7-5-10-12-13-7)11-6-3-1-2-4-6/h5-6,13H,1-4H2. The molecule has 2 aliphatic rings. The average molecular weight is 202 g/mol. The molecule has 1 aliphatic carbocycles. The van der Waals surface area contributed by atoms with Crippen molar-refractivity contribution in [3.05, 3.63) is 11.6 Å². The van der Waals surface area contributed by atoms with Gasteiger partial charge < -0.3 is 9.62 Å². The maximum Gasteiger partial charge on any atom is 0.344 e. The lowest BCUT2D eigenvalue weighted by atomic mass is 10.3. The van der Waals surface area contributed by atoms with Crippen LogP contribution in [0.5, 0.6) is 0 Å². The highest BCUT2D eigenvalue weighted by atomic mass is 31.1. The van der Waals surface area contributed by atoms with Crippen molar-refractivity contribution in [2.75, 3.05) is 0 Å². The van der Waals surface area contributed by atoms with E-state index in [0.717, 1.165) is 25.7 Å². The molecule has 1 unspecified atom stereocenters. The Morgan fingerprint density at radius 1 is 1.54 bits per heavy atom. The second-order valence-corrected chi connectivity index (χ2v) is 4.03. The topological polar surface area (TPSA) is 44.8 Å². The van der Waals surface area contributed by atoms with Crippen molar-refractivity contribution in [1.29, 1.82) is 0 Å². The molecule has 1 fully saturated rings. The molecular formula is C8H11O4P. The van der Waals surface area contributed by atoms with E-state index in [9.17, 15) is 4.79 Å². The van der Waals surface area contributed by atoms with Gasteiger partial charge in [0.15, 0.2) is 0 Å². The largest absolute Gasteiger partial charge is 0.459 e. The lowest BCUT2D eigenvalue weighted by Gasteiger charge is -2.09. The van der Waals surface area contributed by atoms with Gasteiger partial charge in [0.05, 0.1) is 0 Å². The van der Waals surface area contributed by atoms with Crippen LogP contribution in [0.4, 0.5) is 0 Å². The summed E-state index contributed by atoms with van der Waals surface area (Å²) in [5.74, 6) is -0.289. The first-order chi connectivity index (χ1) is 6.36. The Labute approximate surface area is 78.0 Å². The second kappa shape index (κ2) is 4.07. The van der Waals surface area contributed by atoms with Crippen LogP contribution in [-0.2, 0) is 19.1 Å². The van der Waals surface area contributed by atoms with Crippen LogP contribution in [-0.4, -0.2) is 12.1 Å². The first-order valence-corrected chi connectivity index (χ1v) is 5.26. The highest BCUT2D eigenvalue weighted by molar-refractivity contribution is 7.39. The van der Waals surface area contributed by atoms with E-state index in [-0.39, 0.29) is 20.9 Å². The van der Waals surface area contributed by atoms with Crippen LogP contribution < -0.4 is 0 Å². The molecule has 1 aliphatic heterocycles. The van der Waals surface area contributed by atoms with Crippen LogP contribution in [0.25, 0.3) is 0 Å². The monoisotopic (exact) mass is 202 g/mol. The molecule has 5 heteroatoms. The number of ether oxygens (including phenoxy) is 1. The quantitative estimate of drug-likeness (QED) is 0.389. The third-order valence-corrected chi connectivity index (χ3v) is 2.88. The number of hydrogen-bond donors (Lipinski definition) is 0. The van der Waals surface area contributed by atoms with Crippen LogP contribution in [0.2, 0.25) is 0 Å². The van der Waals surface area contributed by atoms with Gasteiger partial charge in [0.25, 0.3) is 0 Å². The van der Waals surface area contributed by atoms with Crippen LogP contribution in [0.15, 0.2) is 11.6 Å². The van der Waals surface area contributed by atoms with Gasteiger partial charge in [-0.25, -0.2) is 4.79 Å². The van der Waals surface area contributed by atoms with E-state index in [0.29, 0.717) is 5.31 Å². The fraction of sp³-hybridized carbons (Fsp3) is 0.625. The summed E-state index contributed by atoms with van der Waals surface area (Å²) in [7, 11) is -0.0328. The fourth-order valence-corrected chi connectivity index (χ4v) is 1.90. The Bertz CT molecular complexity index is 232. The summed E-state index contributed by atoms with van der Waals surface area (Å²) < 4.78 is 9.81. The van der Waals surface area contributed by atoms with Crippen molar-refractivity contribution in [3.8, 4) is 0 Å². The van der Waals surface area contributed by atoms with Crippen molar-refractivity contribution in [3.63, 3.8) is 0 Å². The maximum absolute atomic E-state index is 11.4. The minimum atomic E-state index is -0.289. The van der Waals surface area contributed by atoms with Crippen LogP contribution in [0.3, 0.4) is 0 Å². The van der Waals surface area contributed by atoms with Crippen LogP contribution >= 0.6 is 8.81 Å². The number of esters is 1. The molecule has 0 N–H and O–H groups in total. The fourth-order valence-electron chi connectivity index (χ4n) is 1.48. The molecule has 0 amide bonds. The summed E-state index contributed by atoms with van der Waals surface area (Å²) in [6.45, 7) is 0. The first kappa shape index (κ1) is 8.97. The van der Waals surface area contributed by atoms with Gasteiger partial charge in [0.1, 0.15) is 26.5 Å². The molecule has 0 aromatic carbocycles. The molecule has 2 rings (SSSR count). The van der Waals surface area contributed by atoms with Crippen molar-refractivity contribution < 1.29 is 19.1 Å². The zero-order valence-electron chi connectivity index (χ0n) is 7.12. The van der Waals surface area contributed by atoms with Gasteiger partial charge in [0, 0.05) is 0 Å². The van der Waals surface area contributed by atoms with E-state index >= 15 is 0 Å². The minimum absolute atomic E-state index is 0.0328. The molecule has 0 saturated heterocycles. The number of rotatable bonds is 2. The molecule has 4 nitrogen and oxygen atoms in total. The van der Waals surface area contributed by atoms with Crippen LogP contribution in [0, 0.1) is 0 Å². The van der Waals surface area contributed by atoms with E-state index < -0.39 is 0 Å². The SMILES string of the molecule is O=C(OC1CCCC1)C1=COOP1. The number of hydrogen-bond acceptors (Lipinski definition) is 4. The molecule has 0 radical (unpaired) electrons.